The monoisotopic (exact) mass is 487 g/mol. The quantitative estimate of drug-likeness (QED) is 0.291. The van der Waals surface area contributed by atoms with Gasteiger partial charge in [-0.3, -0.25) is 9.47 Å². The Morgan fingerprint density at radius 2 is 1.70 bits per heavy atom. The summed E-state index contributed by atoms with van der Waals surface area (Å²) >= 11 is 3.03. The van der Waals surface area contributed by atoms with Crippen molar-refractivity contribution in [3.05, 3.63) is 82.1 Å². The Balaban J connectivity index is 1.47. The van der Waals surface area contributed by atoms with Gasteiger partial charge in [0.2, 0.25) is 0 Å². The van der Waals surface area contributed by atoms with Gasteiger partial charge in [-0.05, 0) is 69.6 Å². The second-order valence-corrected chi connectivity index (χ2v) is 9.44. The molecule has 6 nitrogen and oxygen atoms in total. The zero-order valence-electron chi connectivity index (χ0n) is 18.4. The van der Waals surface area contributed by atoms with E-state index in [2.05, 4.69) is 15.2 Å². The number of thiazole rings is 1. The van der Waals surface area contributed by atoms with Gasteiger partial charge in [-0.2, -0.15) is 0 Å². The summed E-state index contributed by atoms with van der Waals surface area (Å²) in [5.41, 5.74) is 1.71. The van der Waals surface area contributed by atoms with Crippen LogP contribution in [-0.2, 0) is 12.4 Å². The second kappa shape index (κ2) is 10.4. The average molecular weight is 488 g/mol. The van der Waals surface area contributed by atoms with E-state index < -0.39 is 0 Å². The summed E-state index contributed by atoms with van der Waals surface area (Å²) in [5, 5.41) is 12.3. The molecule has 1 atom stereocenters. The van der Waals surface area contributed by atoms with Gasteiger partial charge in [0.25, 0.3) is 0 Å². The van der Waals surface area contributed by atoms with Crippen molar-refractivity contribution in [1.82, 2.24) is 24.6 Å². The van der Waals surface area contributed by atoms with Crippen LogP contribution >= 0.6 is 23.1 Å². The highest BCUT2D eigenvalue weighted by atomic mass is 32.2. The van der Waals surface area contributed by atoms with Gasteiger partial charge in [-0.1, -0.05) is 11.8 Å². The number of benzene rings is 2. The van der Waals surface area contributed by atoms with Gasteiger partial charge in [0.1, 0.15) is 29.0 Å². The second-order valence-electron chi connectivity index (χ2n) is 7.56. The van der Waals surface area contributed by atoms with Gasteiger partial charge in [0.05, 0.1) is 11.7 Å². The first-order chi connectivity index (χ1) is 15.9. The van der Waals surface area contributed by atoms with E-state index >= 15 is 0 Å². The number of halogens is 2. The third kappa shape index (κ3) is 5.76. The Labute approximate surface area is 199 Å². The maximum absolute atomic E-state index is 13.5. The van der Waals surface area contributed by atoms with Gasteiger partial charge in [-0.25, -0.2) is 13.8 Å². The number of hydrogen-bond donors (Lipinski definition) is 0. The van der Waals surface area contributed by atoms with Crippen LogP contribution in [0.15, 0.2) is 59.1 Å². The molecular formula is C23H23F2N5OS2. The number of aromatic nitrogens is 4. The Kier molecular flexibility index (Phi) is 7.36. The van der Waals surface area contributed by atoms with Gasteiger partial charge in [0, 0.05) is 16.8 Å². The van der Waals surface area contributed by atoms with Crippen molar-refractivity contribution in [2.24, 2.45) is 0 Å². The van der Waals surface area contributed by atoms with Gasteiger partial charge in [-0.15, -0.1) is 21.5 Å². The minimum atomic E-state index is -0.299. The molecule has 0 unspecified atom stereocenters. The summed E-state index contributed by atoms with van der Waals surface area (Å²) in [6.45, 7) is 2.36. The molecule has 0 N–H and O–H groups in total. The molecule has 172 valence electrons. The van der Waals surface area contributed by atoms with Crippen LogP contribution in [0.4, 0.5) is 8.78 Å². The largest absolute Gasteiger partial charge is 0.486 e. The van der Waals surface area contributed by atoms with Crippen molar-refractivity contribution >= 4 is 23.1 Å². The Bertz CT molecular complexity index is 1190. The molecule has 2 aromatic heterocycles. The smallest absolute Gasteiger partial charge is 0.196 e. The number of ether oxygens (including phenoxy) is 1. The maximum atomic E-state index is 13.5. The molecule has 0 saturated carbocycles. The molecular weight excluding hydrogens is 464 g/mol. The summed E-state index contributed by atoms with van der Waals surface area (Å²) in [5.74, 6) is 1.38. The average Bonchev–Trinajstić information content (AvgIpc) is 3.44. The number of nitrogens with zero attached hydrogens (tertiary/aromatic N) is 5. The van der Waals surface area contributed by atoms with Gasteiger partial charge >= 0.3 is 0 Å². The number of hydrogen-bond acceptors (Lipinski definition) is 7. The molecule has 0 aliphatic carbocycles. The number of thioether (sulfide) groups is 1. The summed E-state index contributed by atoms with van der Waals surface area (Å²) in [6, 6.07) is 12.2. The normalized spacial score (nSPS) is 12.3. The zero-order valence-corrected chi connectivity index (χ0v) is 20.0. The molecule has 33 heavy (non-hydrogen) atoms. The van der Waals surface area contributed by atoms with Gasteiger partial charge < -0.3 is 4.74 Å². The van der Waals surface area contributed by atoms with E-state index in [0.29, 0.717) is 23.3 Å². The molecule has 4 aromatic rings. The van der Waals surface area contributed by atoms with Crippen LogP contribution in [0.25, 0.3) is 5.69 Å². The molecule has 0 aliphatic rings. The first kappa shape index (κ1) is 23.3. The Hall–Kier alpha value is -2.82. The highest BCUT2D eigenvalue weighted by molar-refractivity contribution is 7.98. The van der Waals surface area contributed by atoms with Crippen LogP contribution in [0.1, 0.15) is 29.5 Å². The minimum absolute atomic E-state index is 0.0198. The summed E-state index contributed by atoms with van der Waals surface area (Å²) in [4.78, 5) is 6.67. The summed E-state index contributed by atoms with van der Waals surface area (Å²) < 4.78 is 34.1. The van der Waals surface area contributed by atoms with Crippen molar-refractivity contribution in [1.29, 1.82) is 0 Å². The van der Waals surface area contributed by atoms with Crippen molar-refractivity contribution in [3.63, 3.8) is 0 Å². The van der Waals surface area contributed by atoms with Crippen LogP contribution in [-0.4, -0.2) is 38.7 Å². The summed E-state index contributed by atoms with van der Waals surface area (Å²) in [6.07, 6.45) is 0. The highest BCUT2D eigenvalue weighted by Crippen LogP contribution is 2.29. The van der Waals surface area contributed by atoms with Crippen LogP contribution in [0.5, 0.6) is 5.75 Å². The fourth-order valence-corrected chi connectivity index (χ4v) is 4.67. The Morgan fingerprint density at radius 3 is 2.36 bits per heavy atom. The van der Waals surface area contributed by atoms with Crippen molar-refractivity contribution in [2.75, 3.05) is 14.1 Å². The molecule has 0 fully saturated rings. The van der Waals surface area contributed by atoms with E-state index in [4.69, 9.17) is 4.74 Å². The fraction of sp³-hybridized carbons (Fsp3) is 0.261. The SMILES string of the molecule is C[C@@H](c1nnc(SCc2csc(COc3ccc(F)cc3)n2)n1-c1ccc(F)cc1)N(C)C. The molecule has 0 spiro atoms. The topological polar surface area (TPSA) is 56.1 Å². The molecule has 2 heterocycles. The van der Waals surface area contributed by atoms with Crippen molar-refractivity contribution in [3.8, 4) is 11.4 Å². The molecule has 0 radical (unpaired) electrons. The lowest BCUT2D eigenvalue weighted by molar-refractivity contribution is 0.305. The van der Waals surface area contributed by atoms with E-state index in [1.54, 1.807) is 24.3 Å². The highest BCUT2D eigenvalue weighted by Gasteiger charge is 2.21. The van der Waals surface area contributed by atoms with E-state index in [1.807, 2.05) is 35.9 Å². The first-order valence-electron chi connectivity index (χ1n) is 10.2. The minimum Gasteiger partial charge on any atom is -0.486 e. The van der Waals surface area contributed by atoms with Crippen LogP contribution in [0.2, 0.25) is 0 Å². The van der Waals surface area contributed by atoms with Crippen molar-refractivity contribution in [2.45, 2.75) is 30.5 Å². The molecule has 0 amide bonds. The lowest BCUT2D eigenvalue weighted by Crippen LogP contribution is -2.20. The van der Waals surface area contributed by atoms with Crippen LogP contribution < -0.4 is 4.74 Å². The van der Waals surface area contributed by atoms with Crippen molar-refractivity contribution < 1.29 is 13.5 Å². The van der Waals surface area contributed by atoms with E-state index in [0.717, 1.165) is 22.2 Å². The predicted molar refractivity (Wildman–Crippen MR) is 126 cm³/mol. The fourth-order valence-electron chi connectivity index (χ4n) is 3.00. The van der Waals surface area contributed by atoms with E-state index in [1.165, 1.54) is 47.4 Å². The lowest BCUT2D eigenvalue weighted by atomic mass is 10.2. The number of rotatable bonds is 9. The van der Waals surface area contributed by atoms with Gasteiger partial charge in [0.15, 0.2) is 11.0 Å². The first-order valence-corrected chi connectivity index (χ1v) is 12.1. The third-order valence-corrected chi connectivity index (χ3v) is 6.85. The molecule has 0 bridgehead atoms. The van der Waals surface area contributed by atoms with E-state index in [-0.39, 0.29) is 17.7 Å². The lowest BCUT2D eigenvalue weighted by Gasteiger charge is -2.20. The van der Waals surface area contributed by atoms with Crippen LogP contribution in [0, 0.1) is 11.6 Å². The Morgan fingerprint density at radius 1 is 1.03 bits per heavy atom. The third-order valence-electron chi connectivity index (χ3n) is 5.02. The zero-order chi connectivity index (χ0) is 23.4. The standard InChI is InChI=1S/C23H23F2N5OS2/c1-15(29(2)3)22-27-28-23(30(22)19-8-4-16(24)5-9-19)33-14-18-13-32-21(26-18)12-31-20-10-6-17(25)7-11-20/h4-11,13,15H,12,14H2,1-3H3/t15-/m0/s1. The molecule has 4 rings (SSSR count). The molecule has 0 saturated heterocycles. The maximum Gasteiger partial charge on any atom is 0.196 e. The van der Waals surface area contributed by atoms with E-state index in [9.17, 15) is 8.78 Å². The molecule has 10 heteroatoms. The van der Waals surface area contributed by atoms with Crippen LogP contribution in [0.3, 0.4) is 0 Å². The molecule has 2 aromatic carbocycles. The molecule has 0 aliphatic heterocycles. The summed E-state index contributed by atoms with van der Waals surface area (Å²) in [7, 11) is 3.96. The predicted octanol–water partition coefficient (Wildman–Crippen LogP) is 5.50.